The lowest BCUT2D eigenvalue weighted by Crippen LogP contribution is -2.36. The van der Waals surface area contributed by atoms with Gasteiger partial charge in [0.25, 0.3) is 0 Å². The van der Waals surface area contributed by atoms with Gasteiger partial charge in [0, 0.05) is 41.0 Å². The molecule has 5 nitrogen and oxygen atoms in total. The third-order valence-corrected chi connectivity index (χ3v) is 8.99. The highest BCUT2D eigenvalue weighted by Crippen LogP contribution is 2.31. The second-order valence-electron chi connectivity index (χ2n) is 7.55. The van der Waals surface area contributed by atoms with Crippen LogP contribution in [0.3, 0.4) is 0 Å². The molecule has 1 aromatic carbocycles. The van der Waals surface area contributed by atoms with Crippen LogP contribution in [-0.2, 0) is 21.1 Å². The average molecular weight is 419 g/mol. The van der Waals surface area contributed by atoms with Gasteiger partial charge in [0.2, 0.25) is 5.91 Å². The Kier molecular flexibility index (Phi) is 5.56. The number of amides is 1. The zero-order valence-electron chi connectivity index (χ0n) is 16.1. The van der Waals surface area contributed by atoms with Crippen molar-refractivity contribution in [1.82, 2.24) is 9.88 Å². The average Bonchev–Trinajstić information content (AvgIpc) is 3.29. The molecule has 1 atom stereocenters. The van der Waals surface area contributed by atoms with Crippen molar-refractivity contribution in [1.29, 1.82) is 0 Å². The van der Waals surface area contributed by atoms with E-state index in [1.54, 1.807) is 0 Å². The maximum Gasteiger partial charge on any atom is 0.232 e. The zero-order chi connectivity index (χ0) is 19.7. The smallest absolute Gasteiger partial charge is 0.232 e. The Hall–Kier alpha value is -1.73. The third-order valence-electron chi connectivity index (χ3n) is 5.72. The van der Waals surface area contributed by atoms with Crippen molar-refractivity contribution in [2.45, 2.75) is 31.4 Å². The van der Waals surface area contributed by atoms with Gasteiger partial charge >= 0.3 is 0 Å². The molecule has 0 radical (unpaired) electrons. The summed E-state index contributed by atoms with van der Waals surface area (Å²) < 4.78 is 23.1. The molecule has 3 heterocycles. The van der Waals surface area contributed by atoms with Crippen molar-refractivity contribution in [2.75, 3.05) is 30.3 Å². The highest BCUT2D eigenvalue weighted by Gasteiger charge is 2.29. The SMILES string of the molecule is CCc1cccc2c(C3=CCN(C(=O)CSC4CCS(=O)(=O)C4)CC3)c[nH]c12. The van der Waals surface area contributed by atoms with Crippen LogP contribution < -0.4 is 0 Å². The molecule has 28 heavy (non-hydrogen) atoms. The summed E-state index contributed by atoms with van der Waals surface area (Å²) in [5.41, 5.74) is 5.06. The number of nitrogens with one attached hydrogen (secondary N) is 1. The summed E-state index contributed by atoms with van der Waals surface area (Å²) in [5, 5.41) is 1.33. The lowest BCUT2D eigenvalue weighted by molar-refractivity contribution is -0.127. The summed E-state index contributed by atoms with van der Waals surface area (Å²) in [4.78, 5) is 17.8. The van der Waals surface area contributed by atoms with Crippen LogP contribution in [-0.4, -0.2) is 59.8 Å². The molecule has 1 N–H and O–H groups in total. The molecule has 4 rings (SSSR count). The number of aromatic nitrogens is 1. The van der Waals surface area contributed by atoms with Crippen LogP contribution in [0.1, 0.15) is 30.9 Å². The number of thioether (sulfide) groups is 1. The standard InChI is InChI=1S/C21H26N2O3S2/c1-2-15-4-3-5-18-19(12-22-21(15)18)16-6-9-23(10-7-16)20(24)13-27-17-8-11-28(25,26)14-17/h3-6,12,17,22H,2,7-11,13-14H2,1H3. The predicted octanol–water partition coefficient (Wildman–Crippen LogP) is 3.27. The number of carbonyl (C=O) groups excluding carboxylic acids is 1. The lowest BCUT2D eigenvalue weighted by atomic mass is 9.97. The number of nitrogens with zero attached hydrogens (tertiary/aromatic N) is 1. The molecule has 7 heteroatoms. The van der Waals surface area contributed by atoms with Gasteiger partial charge in [-0.2, -0.15) is 0 Å². The number of carbonyl (C=O) groups is 1. The van der Waals surface area contributed by atoms with Crippen molar-refractivity contribution in [3.8, 4) is 0 Å². The van der Waals surface area contributed by atoms with Gasteiger partial charge in [-0.3, -0.25) is 4.79 Å². The Labute approximate surface area is 170 Å². The van der Waals surface area contributed by atoms with Gasteiger partial charge in [0.1, 0.15) is 0 Å². The van der Waals surface area contributed by atoms with Crippen LogP contribution in [0.4, 0.5) is 0 Å². The minimum atomic E-state index is -2.88. The molecule has 2 aliphatic rings. The second-order valence-corrected chi connectivity index (χ2v) is 11.1. The molecule has 1 aromatic heterocycles. The summed E-state index contributed by atoms with van der Waals surface area (Å²) in [7, 11) is -2.88. The molecule has 2 aromatic rings. The van der Waals surface area contributed by atoms with Gasteiger partial charge in [-0.25, -0.2) is 8.42 Å². The van der Waals surface area contributed by atoms with Gasteiger partial charge in [0.15, 0.2) is 9.84 Å². The fourth-order valence-corrected chi connectivity index (χ4v) is 7.64. The number of benzene rings is 1. The second kappa shape index (κ2) is 7.95. The Balaban J connectivity index is 1.39. The van der Waals surface area contributed by atoms with Crippen molar-refractivity contribution in [2.24, 2.45) is 0 Å². The molecule has 0 aliphatic carbocycles. The van der Waals surface area contributed by atoms with E-state index in [1.165, 1.54) is 39.4 Å². The van der Waals surface area contributed by atoms with Gasteiger partial charge in [-0.15, -0.1) is 11.8 Å². The van der Waals surface area contributed by atoms with E-state index in [-0.39, 0.29) is 22.7 Å². The van der Waals surface area contributed by atoms with E-state index in [0.717, 1.165) is 12.8 Å². The first-order valence-electron chi connectivity index (χ1n) is 9.85. The first-order valence-corrected chi connectivity index (χ1v) is 12.7. The Bertz CT molecular complexity index is 1020. The minimum Gasteiger partial charge on any atom is -0.360 e. The van der Waals surface area contributed by atoms with Crippen molar-refractivity contribution >= 4 is 44.0 Å². The molecule has 1 unspecified atom stereocenters. The number of para-hydroxylation sites is 1. The van der Waals surface area contributed by atoms with Crippen LogP contribution in [0.5, 0.6) is 0 Å². The summed E-state index contributed by atoms with van der Waals surface area (Å²) >= 11 is 1.50. The van der Waals surface area contributed by atoms with Crippen molar-refractivity contribution in [3.05, 3.63) is 41.6 Å². The topological polar surface area (TPSA) is 70.2 Å². The first kappa shape index (κ1) is 19.6. The first-order chi connectivity index (χ1) is 13.5. The molecule has 0 saturated carbocycles. The van der Waals surface area contributed by atoms with Gasteiger partial charge < -0.3 is 9.88 Å². The van der Waals surface area contributed by atoms with E-state index in [0.29, 0.717) is 25.3 Å². The maximum absolute atomic E-state index is 12.5. The number of aromatic amines is 1. The van der Waals surface area contributed by atoms with Crippen molar-refractivity contribution in [3.63, 3.8) is 0 Å². The third kappa shape index (κ3) is 4.01. The molecule has 0 bridgehead atoms. The Morgan fingerprint density at radius 2 is 2.21 bits per heavy atom. The van der Waals surface area contributed by atoms with E-state index in [1.807, 2.05) is 4.90 Å². The number of hydrogen-bond acceptors (Lipinski definition) is 4. The lowest BCUT2D eigenvalue weighted by Gasteiger charge is -2.27. The van der Waals surface area contributed by atoms with Crippen LogP contribution in [0.15, 0.2) is 30.5 Å². The number of H-pyrrole nitrogens is 1. The van der Waals surface area contributed by atoms with Crippen LogP contribution >= 0.6 is 11.8 Å². The maximum atomic E-state index is 12.5. The van der Waals surface area contributed by atoms with E-state index in [9.17, 15) is 13.2 Å². The summed E-state index contributed by atoms with van der Waals surface area (Å²) in [6.07, 6.45) is 6.76. The van der Waals surface area contributed by atoms with E-state index in [2.05, 4.69) is 42.4 Å². The predicted molar refractivity (Wildman–Crippen MR) is 116 cm³/mol. The van der Waals surface area contributed by atoms with Crippen molar-refractivity contribution < 1.29 is 13.2 Å². The molecular formula is C21H26N2O3S2. The molecule has 1 fully saturated rings. The van der Waals surface area contributed by atoms with E-state index >= 15 is 0 Å². The van der Waals surface area contributed by atoms with E-state index in [4.69, 9.17) is 0 Å². The van der Waals surface area contributed by atoms with Crippen LogP contribution in [0.25, 0.3) is 16.5 Å². The number of fused-ring (bicyclic) bond motifs is 1. The van der Waals surface area contributed by atoms with Crippen LogP contribution in [0.2, 0.25) is 0 Å². The molecule has 1 amide bonds. The van der Waals surface area contributed by atoms with Crippen LogP contribution in [0, 0.1) is 0 Å². The Morgan fingerprint density at radius 1 is 1.36 bits per heavy atom. The summed E-state index contributed by atoms with van der Waals surface area (Å²) in [5.74, 6) is 0.960. The highest BCUT2D eigenvalue weighted by atomic mass is 32.2. The number of sulfone groups is 1. The summed E-state index contributed by atoms with van der Waals surface area (Å²) in [6, 6.07) is 6.43. The fraction of sp³-hybridized carbons (Fsp3) is 0.476. The zero-order valence-corrected chi connectivity index (χ0v) is 17.7. The minimum absolute atomic E-state index is 0.0730. The van der Waals surface area contributed by atoms with Gasteiger partial charge in [-0.1, -0.05) is 31.2 Å². The Morgan fingerprint density at radius 3 is 2.89 bits per heavy atom. The monoisotopic (exact) mass is 418 g/mol. The normalized spacial score (nSPS) is 21.8. The molecule has 150 valence electrons. The summed E-state index contributed by atoms with van der Waals surface area (Å²) in [6.45, 7) is 3.50. The molecule has 2 aliphatic heterocycles. The highest BCUT2D eigenvalue weighted by molar-refractivity contribution is 8.02. The quantitative estimate of drug-likeness (QED) is 0.809. The number of hydrogen-bond donors (Lipinski definition) is 1. The number of aryl methyl sites for hydroxylation is 1. The fourth-order valence-electron chi connectivity index (χ4n) is 4.09. The molecule has 1 saturated heterocycles. The van der Waals surface area contributed by atoms with E-state index < -0.39 is 9.84 Å². The van der Waals surface area contributed by atoms with Gasteiger partial charge in [-0.05, 0) is 30.4 Å². The molecular weight excluding hydrogens is 392 g/mol. The largest absolute Gasteiger partial charge is 0.360 e. The van der Waals surface area contributed by atoms with Gasteiger partial charge in [0.05, 0.1) is 17.3 Å². The number of rotatable bonds is 5. The molecule has 0 spiro atoms.